The highest BCUT2D eigenvalue weighted by Crippen LogP contribution is 2.26. The third-order valence-electron chi connectivity index (χ3n) is 3.71. The first kappa shape index (κ1) is 18.7. The molecule has 0 saturated heterocycles. The number of phenols is 2. The lowest BCUT2D eigenvalue weighted by Crippen LogP contribution is -2.08. The van der Waals surface area contributed by atoms with Crippen molar-refractivity contribution < 1.29 is 39.6 Å². The number of carboxylic acids is 2. The quantitative estimate of drug-likeness (QED) is 0.551. The minimum Gasteiger partial charge on any atom is -0.506 e. The second-order valence-electron chi connectivity index (χ2n) is 5.36. The van der Waals surface area contributed by atoms with Crippen molar-refractivity contribution in [2.45, 2.75) is 12.8 Å². The van der Waals surface area contributed by atoms with Gasteiger partial charge in [0.1, 0.15) is 22.6 Å². The van der Waals surface area contributed by atoms with Crippen LogP contribution in [0.3, 0.4) is 0 Å². The van der Waals surface area contributed by atoms with E-state index in [4.69, 9.17) is 10.2 Å². The van der Waals surface area contributed by atoms with Crippen LogP contribution in [0.5, 0.6) is 11.5 Å². The molecule has 0 atom stereocenters. The standard InChI is InChI=1S/C18H14O8/c19-13(9-3-1-5-11(15(9)21)17(23)24)7-8-14(20)10-4-2-6-12(16(10)22)18(25)26/h1-6,21-22H,7-8H2,(H,23,24)(H,25,26). The van der Waals surface area contributed by atoms with Gasteiger partial charge < -0.3 is 20.4 Å². The Morgan fingerprint density at radius 2 is 0.923 bits per heavy atom. The number of aromatic carboxylic acids is 2. The van der Waals surface area contributed by atoms with Gasteiger partial charge in [0, 0.05) is 12.8 Å². The molecule has 0 aliphatic rings. The summed E-state index contributed by atoms with van der Waals surface area (Å²) in [6.45, 7) is 0. The second-order valence-corrected chi connectivity index (χ2v) is 5.36. The first-order valence-corrected chi connectivity index (χ1v) is 7.41. The minimum absolute atomic E-state index is 0.235. The van der Waals surface area contributed by atoms with E-state index in [1.807, 2.05) is 0 Å². The molecule has 0 amide bonds. The molecule has 8 nitrogen and oxygen atoms in total. The van der Waals surface area contributed by atoms with Crippen molar-refractivity contribution in [2.24, 2.45) is 0 Å². The predicted molar refractivity (Wildman–Crippen MR) is 88.0 cm³/mol. The van der Waals surface area contributed by atoms with E-state index in [0.717, 1.165) is 12.1 Å². The molecule has 2 rings (SSSR count). The maximum atomic E-state index is 12.2. The topological polar surface area (TPSA) is 149 Å². The Bertz CT molecular complexity index is 838. The fraction of sp³-hybridized carbons (Fsp3) is 0.111. The number of benzene rings is 2. The first-order chi connectivity index (χ1) is 12.2. The zero-order valence-corrected chi connectivity index (χ0v) is 13.3. The number of aromatic hydroxyl groups is 2. The molecule has 0 aliphatic carbocycles. The lowest BCUT2D eigenvalue weighted by molar-refractivity contribution is 0.0681. The van der Waals surface area contributed by atoms with Gasteiger partial charge in [0.25, 0.3) is 0 Å². The molecule has 0 unspecified atom stereocenters. The highest BCUT2D eigenvalue weighted by Gasteiger charge is 2.21. The summed E-state index contributed by atoms with van der Waals surface area (Å²) in [5.41, 5.74) is -1.34. The summed E-state index contributed by atoms with van der Waals surface area (Å²) < 4.78 is 0. The Labute approximate surface area is 147 Å². The minimum atomic E-state index is -1.40. The molecule has 8 heteroatoms. The van der Waals surface area contributed by atoms with E-state index in [9.17, 15) is 29.4 Å². The molecule has 2 aromatic rings. The van der Waals surface area contributed by atoms with Gasteiger partial charge in [0.2, 0.25) is 0 Å². The molecule has 4 N–H and O–H groups in total. The van der Waals surface area contributed by atoms with Crippen molar-refractivity contribution in [1.29, 1.82) is 0 Å². The van der Waals surface area contributed by atoms with Crippen molar-refractivity contribution in [3.05, 3.63) is 58.7 Å². The Morgan fingerprint density at radius 1 is 0.615 bits per heavy atom. The summed E-state index contributed by atoms with van der Waals surface area (Å²) in [6, 6.07) is 7.32. The van der Waals surface area contributed by atoms with Crippen LogP contribution < -0.4 is 0 Å². The van der Waals surface area contributed by atoms with Gasteiger partial charge in [-0.2, -0.15) is 0 Å². The first-order valence-electron chi connectivity index (χ1n) is 7.41. The van der Waals surface area contributed by atoms with E-state index < -0.39 is 46.1 Å². The van der Waals surface area contributed by atoms with Crippen molar-refractivity contribution in [3.63, 3.8) is 0 Å². The highest BCUT2D eigenvalue weighted by molar-refractivity contribution is 6.07. The van der Waals surface area contributed by atoms with Crippen LogP contribution in [0.25, 0.3) is 0 Å². The number of carbonyl (C=O) groups excluding carboxylic acids is 2. The van der Waals surface area contributed by atoms with E-state index in [-0.39, 0.29) is 24.0 Å². The maximum absolute atomic E-state index is 12.2. The Kier molecular flexibility index (Phi) is 5.36. The van der Waals surface area contributed by atoms with Crippen molar-refractivity contribution in [1.82, 2.24) is 0 Å². The van der Waals surface area contributed by atoms with Gasteiger partial charge in [0.05, 0.1) is 11.1 Å². The van der Waals surface area contributed by atoms with E-state index in [2.05, 4.69) is 0 Å². The molecule has 0 bridgehead atoms. The summed E-state index contributed by atoms with van der Waals surface area (Å²) in [5, 5.41) is 37.6. The summed E-state index contributed by atoms with van der Waals surface area (Å²) in [4.78, 5) is 46.3. The number of carbonyl (C=O) groups is 4. The molecular formula is C18H14O8. The molecule has 0 spiro atoms. The molecule has 0 heterocycles. The predicted octanol–water partition coefficient (Wildman–Crippen LogP) is 2.34. The van der Waals surface area contributed by atoms with E-state index in [1.165, 1.54) is 24.3 Å². The number of para-hydroxylation sites is 2. The van der Waals surface area contributed by atoms with Crippen LogP contribution in [0, 0.1) is 0 Å². The molecule has 0 radical (unpaired) electrons. The van der Waals surface area contributed by atoms with E-state index >= 15 is 0 Å². The zero-order valence-electron chi connectivity index (χ0n) is 13.3. The number of ketones is 2. The molecule has 0 aromatic heterocycles. The Morgan fingerprint density at radius 3 is 1.23 bits per heavy atom. The van der Waals surface area contributed by atoms with Crippen molar-refractivity contribution in [2.75, 3.05) is 0 Å². The number of hydrogen-bond donors (Lipinski definition) is 4. The van der Waals surface area contributed by atoms with Gasteiger partial charge in [-0.25, -0.2) is 9.59 Å². The highest BCUT2D eigenvalue weighted by atomic mass is 16.4. The van der Waals surface area contributed by atoms with Crippen molar-refractivity contribution in [3.8, 4) is 11.5 Å². The average Bonchev–Trinajstić information content (AvgIpc) is 2.59. The van der Waals surface area contributed by atoms with Gasteiger partial charge >= 0.3 is 11.9 Å². The van der Waals surface area contributed by atoms with Crippen LogP contribution in [-0.4, -0.2) is 43.9 Å². The van der Waals surface area contributed by atoms with Gasteiger partial charge in [-0.3, -0.25) is 9.59 Å². The van der Waals surface area contributed by atoms with Crippen LogP contribution >= 0.6 is 0 Å². The molecule has 0 fully saturated rings. The third-order valence-corrected chi connectivity index (χ3v) is 3.71. The van der Waals surface area contributed by atoms with Crippen LogP contribution in [0.1, 0.15) is 54.3 Å². The van der Waals surface area contributed by atoms with Gasteiger partial charge in [-0.1, -0.05) is 12.1 Å². The number of carboxylic acid groups (broad SMARTS) is 2. The largest absolute Gasteiger partial charge is 0.506 e. The van der Waals surface area contributed by atoms with Gasteiger partial charge in [0.15, 0.2) is 11.6 Å². The number of Topliss-reactive ketones (excluding diaryl/α,β-unsaturated/α-hetero) is 2. The number of hydrogen-bond acceptors (Lipinski definition) is 6. The lowest BCUT2D eigenvalue weighted by Gasteiger charge is -2.08. The van der Waals surface area contributed by atoms with E-state index in [0.29, 0.717) is 0 Å². The normalized spacial score (nSPS) is 10.3. The monoisotopic (exact) mass is 358 g/mol. The Hall–Kier alpha value is -3.68. The van der Waals surface area contributed by atoms with Gasteiger partial charge in [-0.05, 0) is 24.3 Å². The molecular weight excluding hydrogens is 344 g/mol. The summed E-state index contributed by atoms with van der Waals surface area (Å²) in [7, 11) is 0. The Balaban J connectivity index is 2.17. The molecule has 2 aromatic carbocycles. The fourth-order valence-corrected chi connectivity index (χ4v) is 2.38. The zero-order chi connectivity index (χ0) is 19.4. The summed E-state index contributed by atoms with van der Waals surface area (Å²) in [6.07, 6.45) is -0.710. The molecule has 26 heavy (non-hydrogen) atoms. The van der Waals surface area contributed by atoms with Crippen LogP contribution in [-0.2, 0) is 0 Å². The SMILES string of the molecule is O=C(O)c1cccc(C(=O)CCC(=O)c2cccc(C(=O)O)c2O)c1O. The van der Waals surface area contributed by atoms with Crippen LogP contribution in [0.2, 0.25) is 0 Å². The summed E-state index contributed by atoms with van der Waals surface area (Å²) in [5.74, 6) is -5.49. The lowest BCUT2D eigenvalue weighted by atomic mass is 9.98. The smallest absolute Gasteiger partial charge is 0.339 e. The fourth-order valence-electron chi connectivity index (χ4n) is 2.38. The van der Waals surface area contributed by atoms with Crippen LogP contribution in [0.15, 0.2) is 36.4 Å². The molecule has 134 valence electrons. The van der Waals surface area contributed by atoms with Gasteiger partial charge in [-0.15, -0.1) is 0 Å². The van der Waals surface area contributed by atoms with E-state index in [1.54, 1.807) is 0 Å². The third kappa shape index (κ3) is 3.69. The van der Waals surface area contributed by atoms with Crippen molar-refractivity contribution >= 4 is 23.5 Å². The average molecular weight is 358 g/mol. The molecule has 0 aliphatic heterocycles. The van der Waals surface area contributed by atoms with Crippen LogP contribution in [0.4, 0.5) is 0 Å². The maximum Gasteiger partial charge on any atom is 0.339 e. The second kappa shape index (κ2) is 7.47. The summed E-state index contributed by atoms with van der Waals surface area (Å²) >= 11 is 0. The molecule has 0 saturated carbocycles. The number of rotatable bonds is 7.